The maximum Gasteiger partial charge on any atom is 0.231 e. The first-order chi connectivity index (χ1) is 8.28. The third kappa shape index (κ3) is 2.75. The number of carbonyl (C=O) groups excluding carboxylic acids is 1. The van der Waals surface area contributed by atoms with E-state index in [0.29, 0.717) is 6.42 Å². The number of anilines is 1. The number of benzene rings is 1. The molecule has 1 unspecified atom stereocenters. The minimum Gasteiger partial charge on any atom is -0.315 e. The van der Waals surface area contributed by atoms with Gasteiger partial charge in [-0.1, -0.05) is 28.1 Å². The van der Waals surface area contributed by atoms with Crippen LogP contribution in [0.5, 0.6) is 0 Å². The quantitative estimate of drug-likeness (QED) is 0.792. The van der Waals surface area contributed by atoms with Crippen molar-refractivity contribution in [1.82, 2.24) is 0 Å². The van der Waals surface area contributed by atoms with E-state index in [4.69, 9.17) is 0 Å². The molecule has 0 fully saturated rings. The molecule has 18 heavy (non-hydrogen) atoms. The number of likely N-dealkylation sites (N-methyl/N-ethyl adjacent to an activating group) is 1. The third-order valence-corrected chi connectivity index (χ3v) is 5.21. The van der Waals surface area contributed by atoms with Crippen molar-refractivity contribution in [3.63, 3.8) is 0 Å². The molecular weight excluding hydrogens is 318 g/mol. The number of alkyl halides is 1. The molecule has 0 saturated carbocycles. The average Bonchev–Trinajstić information content (AvgIpc) is 2.52. The van der Waals surface area contributed by atoms with Gasteiger partial charge >= 0.3 is 0 Å². The predicted octanol–water partition coefficient (Wildman–Crippen LogP) is 1.69. The van der Waals surface area contributed by atoms with Crippen LogP contribution in [0.25, 0.3) is 0 Å². The van der Waals surface area contributed by atoms with Gasteiger partial charge in [-0.25, -0.2) is 8.42 Å². The Morgan fingerprint density at radius 2 is 2.11 bits per heavy atom. The molecule has 0 aromatic heterocycles. The van der Waals surface area contributed by atoms with Gasteiger partial charge in [0, 0.05) is 19.0 Å². The van der Waals surface area contributed by atoms with Gasteiger partial charge in [0.25, 0.3) is 0 Å². The average molecular weight is 332 g/mol. The first kappa shape index (κ1) is 13.5. The minimum absolute atomic E-state index is 0.0512. The number of fused-ring (bicyclic) bond motifs is 1. The summed E-state index contributed by atoms with van der Waals surface area (Å²) in [5.74, 6) is 0.117. The van der Waals surface area contributed by atoms with Gasteiger partial charge in [0.2, 0.25) is 5.91 Å². The Bertz CT molecular complexity index is 597. The van der Waals surface area contributed by atoms with E-state index in [-0.39, 0.29) is 16.5 Å². The highest BCUT2D eigenvalue weighted by Gasteiger charge is 2.25. The zero-order valence-corrected chi connectivity index (χ0v) is 12.6. The van der Waals surface area contributed by atoms with Crippen LogP contribution in [0.4, 0.5) is 5.69 Å². The first-order valence-electron chi connectivity index (χ1n) is 5.49. The highest BCUT2D eigenvalue weighted by Crippen LogP contribution is 2.32. The number of amides is 1. The van der Waals surface area contributed by atoms with Crippen molar-refractivity contribution in [3.8, 4) is 0 Å². The molecule has 1 aromatic carbocycles. The lowest BCUT2D eigenvalue weighted by Gasteiger charge is -2.13. The summed E-state index contributed by atoms with van der Waals surface area (Å²) in [7, 11) is -1.29. The SMILES string of the molecule is CN1C(=O)Cc2cc(C(Br)CS(C)(=O)=O)ccc21. The molecule has 0 radical (unpaired) electrons. The molecule has 1 heterocycles. The smallest absolute Gasteiger partial charge is 0.231 e. The molecule has 0 bridgehead atoms. The molecule has 2 rings (SSSR count). The van der Waals surface area contributed by atoms with Crippen molar-refractivity contribution >= 4 is 37.4 Å². The van der Waals surface area contributed by atoms with Crippen molar-refractivity contribution in [1.29, 1.82) is 0 Å². The van der Waals surface area contributed by atoms with E-state index in [2.05, 4.69) is 15.9 Å². The fraction of sp³-hybridized carbons (Fsp3) is 0.417. The highest BCUT2D eigenvalue weighted by molar-refractivity contribution is 9.09. The van der Waals surface area contributed by atoms with Gasteiger partial charge in [-0.2, -0.15) is 0 Å². The number of nitrogens with zero attached hydrogens (tertiary/aromatic N) is 1. The van der Waals surface area contributed by atoms with Gasteiger partial charge < -0.3 is 4.90 Å². The summed E-state index contributed by atoms with van der Waals surface area (Å²) in [6.07, 6.45) is 1.60. The van der Waals surface area contributed by atoms with E-state index >= 15 is 0 Å². The molecule has 6 heteroatoms. The number of carbonyl (C=O) groups is 1. The summed E-state index contributed by atoms with van der Waals surface area (Å²) in [4.78, 5) is 12.9. The molecule has 1 aromatic rings. The number of rotatable bonds is 3. The Hall–Kier alpha value is -0.880. The summed E-state index contributed by atoms with van der Waals surface area (Å²) >= 11 is 3.38. The monoisotopic (exact) mass is 331 g/mol. The Morgan fingerprint density at radius 1 is 1.44 bits per heavy atom. The second-order valence-electron chi connectivity index (χ2n) is 4.58. The van der Waals surface area contributed by atoms with E-state index in [9.17, 15) is 13.2 Å². The lowest BCUT2D eigenvalue weighted by atomic mass is 10.1. The lowest BCUT2D eigenvalue weighted by Crippen LogP contribution is -2.20. The van der Waals surface area contributed by atoms with Crippen LogP contribution in [0, 0.1) is 0 Å². The van der Waals surface area contributed by atoms with E-state index < -0.39 is 9.84 Å². The van der Waals surface area contributed by atoms with Crippen LogP contribution in [0.2, 0.25) is 0 Å². The number of sulfone groups is 1. The fourth-order valence-corrected chi connectivity index (χ4v) is 4.50. The second-order valence-corrected chi connectivity index (χ2v) is 7.87. The molecule has 0 aliphatic carbocycles. The molecule has 0 spiro atoms. The summed E-state index contributed by atoms with van der Waals surface area (Å²) in [5.41, 5.74) is 2.75. The number of hydrogen-bond acceptors (Lipinski definition) is 3. The minimum atomic E-state index is -3.03. The Kier molecular flexibility index (Phi) is 3.51. The van der Waals surface area contributed by atoms with Gasteiger partial charge in [0.1, 0.15) is 9.84 Å². The normalized spacial score (nSPS) is 16.8. The molecular formula is C12H14BrNO3S. The van der Waals surface area contributed by atoms with Gasteiger partial charge in [-0.3, -0.25) is 4.79 Å². The molecule has 0 saturated heterocycles. The van der Waals surface area contributed by atoms with Crippen molar-refractivity contribution in [2.24, 2.45) is 0 Å². The summed E-state index contributed by atoms with van der Waals surface area (Å²) in [6.45, 7) is 0. The van der Waals surface area contributed by atoms with Gasteiger partial charge in [-0.05, 0) is 17.2 Å². The first-order valence-corrected chi connectivity index (χ1v) is 8.47. The van der Waals surface area contributed by atoms with E-state index in [1.165, 1.54) is 6.26 Å². The van der Waals surface area contributed by atoms with Crippen LogP contribution in [0.1, 0.15) is 16.0 Å². The topological polar surface area (TPSA) is 54.5 Å². The summed E-state index contributed by atoms with van der Waals surface area (Å²) in [5, 5.41) is 0. The zero-order chi connectivity index (χ0) is 13.5. The molecule has 4 nitrogen and oxygen atoms in total. The van der Waals surface area contributed by atoms with Crippen molar-refractivity contribution in [3.05, 3.63) is 29.3 Å². The van der Waals surface area contributed by atoms with Crippen molar-refractivity contribution in [2.75, 3.05) is 24.0 Å². The molecule has 0 N–H and O–H groups in total. The zero-order valence-electron chi connectivity index (χ0n) is 10.2. The third-order valence-electron chi connectivity index (χ3n) is 2.99. The van der Waals surface area contributed by atoms with Crippen LogP contribution in [0.15, 0.2) is 18.2 Å². The fourth-order valence-electron chi connectivity index (χ4n) is 2.05. The van der Waals surface area contributed by atoms with Crippen molar-refractivity contribution < 1.29 is 13.2 Å². The largest absolute Gasteiger partial charge is 0.315 e. The number of hydrogen-bond donors (Lipinski definition) is 0. The maximum absolute atomic E-state index is 11.6. The van der Waals surface area contributed by atoms with Crippen LogP contribution < -0.4 is 4.90 Å². The molecule has 1 aliphatic rings. The molecule has 98 valence electrons. The predicted molar refractivity (Wildman–Crippen MR) is 74.9 cm³/mol. The van der Waals surface area contributed by atoms with Crippen LogP contribution in [-0.4, -0.2) is 33.4 Å². The van der Waals surface area contributed by atoms with Crippen molar-refractivity contribution in [2.45, 2.75) is 11.2 Å². The standard InChI is InChI=1S/C12H14BrNO3S/c1-14-11-4-3-8(5-9(11)6-12(14)15)10(13)7-18(2,16)17/h3-5,10H,6-7H2,1-2H3. The molecule has 1 atom stereocenters. The van der Waals surface area contributed by atoms with Crippen LogP contribution in [0.3, 0.4) is 0 Å². The molecule has 1 aliphatic heterocycles. The van der Waals surface area contributed by atoms with E-state index in [0.717, 1.165) is 16.8 Å². The maximum atomic E-state index is 11.6. The van der Waals surface area contributed by atoms with E-state index in [1.807, 2.05) is 18.2 Å². The Balaban J connectivity index is 2.28. The second kappa shape index (κ2) is 4.66. The number of halogens is 1. The summed E-state index contributed by atoms with van der Waals surface area (Å²) < 4.78 is 22.5. The molecule has 1 amide bonds. The lowest BCUT2D eigenvalue weighted by molar-refractivity contribution is -0.117. The summed E-state index contributed by atoms with van der Waals surface area (Å²) in [6, 6.07) is 5.63. The van der Waals surface area contributed by atoms with E-state index in [1.54, 1.807) is 11.9 Å². The van der Waals surface area contributed by atoms with Crippen LogP contribution in [-0.2, 0) is 21.1 Å². The van der Waals surface area contributed by atoms with Gasteiger partial charge in [0.05, 0.1) is 17.0 Å². The Labute approximate surface area is 115 Å². The van der Waals surface area contributed by atoms with Crippen LogP contribution >= 0.6 is 15.9 Å². The van der Waals surface area contributed by atoms with Gasteiger partial charge in [0.15, 0.2) is 0 Å². The van der Waals surface area contributed by atoms with Gasteiger partial charge in [-0.15, -0.1) is 0 Å². The Morgan fingerprint density at radius 3 is 2.72 bits per heavy atom. The highest BCUT2D eigenvalue weighted by atomic mass is 79.9.